The Morgan fingerprint density at radius 3 is 2.85 bits per heavy atom. The fourth-order valence-corrected chi connectivity index (χ4v) is 4.89. The van der Waals surface area contributed by atoms with E-state index in [4.69, 9.17) is 9.72 Å². The van der Waals surface area contributed by atoms with Crippen LogP contribution in [0.2, 0.25) is 0 Å². The zero-order valence-corrected chi connectivity index (χ0v) is 21.6. The van der Waals surface area contributed by atoms with Crippen LogP contribution in [-0.2, 0) is 6.18 Å². The number of carbonyl (C=O) groups is 1. The highest BCUT2D eigenvalue weighted by Crippen LogP contribution is 2.41. The van der Waals surface area contributed by atoms with Gasteiger partial charge in [0.2, 0.25) is 5.88 Å². The highest BCUT2D eigenvalue weighted by Gasteiger charge is 2.39. The number of amides is 2. The Bertz CT molecular complexity index is 1370. The number of aliphatic hydroxyl groups is 1. The van der Waals surface area contributed by atoms with Crippen molar-refractivity contribution in [2.75, 3.05) is 41.4 Å². The number of nitrogens with one attached hydrogen (secondary N) is 1. The Balaban J connectivity index is 1.48. The lowest BCUT2D eigenvalue weighted by atomic mass is 9.97. The van der Waals surface area contributed by atoms with Crippen LogP contribution in [0.1, 0.15) is 30.9 Å². The normalized spacial score (nSPS) is 17.4. The molecule has 2 amide bonds. The number of nitrogens with zero attached hydrogens (tertiary/aromatic N) is 5. The summed E-state index contributed by atoms with van der Waals surface area (Å²) in [6, 6.07) is 7.81. The van der Waals surface area contributed by atoms with E-state index >= 15 is 0 Å². The predicted octanol–water partition coefficient (Wildman–Crippen LogP) is 4.89. The van der Waals surface area contributed by atoms with E-state index in [1.165, 1.54) is 18.5 Å². The summed E-state index contributed by atoms with van der Waals surface area (Å²) < 4.78 is 45.8. The van der Waals surface area contributed by atoms with Gasteiger partial charge in [-0.05, 0) is 43.5 Å². The van der Waals surface area contributed by atoms with E-state index in [1.54, 1.807) is 11.0 Å². The van der Waals surface area contributed by atoms with Gasteiger partial charge < -0.3 is 14.7 Å². The molecule has 2 aliphatic rings. The second-order valence-electron chi connectivity index (χ2n) is 9.96. The molecule has 3 aromatic rings. The Labute approximate surface area is 223 Å². The summed E-state index contributed by atoms with van der Waals surface area (Å²) in [5.74, 6) is 0.789. The molecule has 0 saturated carbocycles. The summed E-state index contributed by atoms with van der Waals surface area (Å²) in [6.07, 6.45) is -1.57. The first-order valence-electron chi connectivity index (χ1n) is 12.7. The van der Waals surface area contributed by atoms with E-state index in [0.717, 1.165) is 37.2 Å². The lowest BCUT2D eigenvalue weighted by molar-refractivity contribution is -0.137. The van der Waals surface area contributed by atoms with Crippen LogP contribution in [0.5, 0.6) is 5.88 Å². The number of ether oxygens (including phenoxy) is 1. The zero-order valence-electron chi connectivity index (χ0n) is 21.6. The molecule has 12 heteroatoms. The highest BCUT2D eigenvalue weighted by atomic mass is 19.4. The van der Waals surface area contributed by atoms with Crippen LogP contribution >= 0.6 is 0 Å². The molecular formula is C27H29F3N6O3. The van der Waals surface area contributed by atoms with Gasteiger partial charge in [-0.25, -0.2) is 19.7 Å². The molecule has 1 fully saturated rings. The maximum atomic E-state index is 13.6. The van der Waals surface area contributed by atoms with Gasteiger partial charge in [0.15, 0.2) is 5.82 Å². The summed E-state index contributed by atoms with van der Waals surface area (Å²) in [5, 5.41) is 12.0. The minimum Gasteiger partial charge on any atom is -0.477 e. The molecular weight excluding hydrogens is 513 g/mol. The SMILES string of the molecule is Cc1cc2c(nc1-c1cccc(C(F)(F)F)c1)N(C(=O)Nc1cc(OC[C@H](C)CO)ncn1)[C@H]1CCCN2C1. The molecule has 1 aromatic carbocycles. The highest BCUT2D eigenvalue weighted by molar-refractivity contribution is 6.04. The maximum absolute atomic E-state index is 13.6. The minimum atomic E-state index is -4.48. The number of hydrogen-bond acceptors (Lipinski definition) is 7. The average Bonchev–Trinajstić information content (AvgIpc) is 2.92. The first-order chi connectivity index (χ1) is 18.6. The molecule has 2 aliphatic heterocycles. The number of benzene rings is 1. The number of anilines is 3. The smallest absolute Gasteiger partial charge is 0.416 e. The van der Waals surface area contributed by atoms with Crippen LogP contribution in [0.3, 0.4) is 0 Å². The van der Waals surface area contributed by atoms with Crippen molar-refractivity contribution in [3.8, 4) is 17.1 Å². The molecule has 2 aromatic heterocycles. The van der Waals surface area contributed by atoms with E-state index in [2.05, 4.69) is 20.2 Å². The Morgan fingerprint density at radius 2 is 2.08 bits per heavy atom. The summed E-state index contributed by atoms with van der Waals surface area (Å²) in [5.41, 5.74) is 1.43. The van der Waals surface area contributed by atoms with Crippen molar-refractivity contribution in [2.24, 2.45) is 5.92 Å². The molecule has 0 radical (unpaired) electrons. The van der Waals surface area contributed by atoms with Crippen molar-refractivity contribution in [3.63, 3.8) is 0 Å². The van der Waals surface area contributed by atoms with Crippen LogP contribution in [-0.4, -0.2) is 58.4 Å². The number of aryl methyl sites for hydroxylation is 1. The largest absolute Gasteiger partial charge is 0.477 e. The van der Waals surface area contributed by atoms with E-state index < -0.39 is 17.8 Å². The molecule has 0 unspecified atom stereocenters. The van der Waals surface area contributed by atoms with Crippen LogP contribution in [0.25, 0.3) is 11.3 Å². The van der Waals surface area contributed by atoms with Gasteiger partial charge in [-0.2, -0.15) is 13.2 Å². The third-order valence-corrected chi connectivity index (χ3v) is 6.89. The topological polar surface area (TPSA) is 104 Å². The molecule has 4 heterocycles. The Morgan fingerprint density at radius 1 is 1.26 bits per heavy atom. The molecule has 0 spiro atoms. The number of rotatable bonds is 6. The number of piperidine rings is 1. The van der Waals surface area contributed by atoms with Crippen LogP contribution in [0, 0.1) is 12.8 Å². The number of carbonyl (C=O) groups excluding carboxylic acids is 1. The maximum Gasteiger partial charge on any atom is 0.416 e. The van der Waals surface area contributed by atoms with Crippen molar-refractivity contribution in [1.29, 1.82) is 0 Å². The summed E-state index contributed by atoms with van der Waals surface area (Å²) >= 11 is 0. The van der Waals surface area contributed by atoms with Gasteiger partial charge >= 0.3 is 12.2 Å². The molecule has 2 bridgehead atoms. The van der Waals surface area contributed by atoms with Crippen LogP contribution < -0.4 is 19.9 Å². The summed E-state index contributed by atoms with van der Waals surface area (Å²) in [6.45, 7) is 5.29. The molecule has 2 N–H and O–H groups in total. The fraction of sp³-hybridized carbons (Fsp3) is 0.407. The first-order valence-corrected chi connectivity index (χ1v) is 12.7. The average molecular weight is 543 g/mol. The number of urea groups is 1. The van der Waals surface area contributed by atoms with Gasteiger partial charge in [0.05, 0.1) is 29.6 Å². The molecule has 2 atom stereocenters. The van der Waals surface area contributed by atoms with Gasteiger partial charge in [0, 0.05) is 37.2 Å². The second kappa shape index (κ2) is 10.7. The van der Waals surface area contributed by atoms with Gasteiger partial charge in [0.1, 0.15) is 12.1 Å². The van der Waals surface area contributed by atoms with Crippen LogP contribution in [0.4, 0.5) is 35.3 Å². The fourth-order valence-electron chi connectivity index (χ4n) is 4.89. The molecule has 1 saturated heterocycles. The molecule has 206 valence electrons. The van der Waals surface area contributed by atoms with Crippen molar-refractivity contribution in [2.45, 2.75) is 38.9 Å². The quantitative estimate of drug-likeness (QED) is 0.457. The summed E-state index contributed by atoms with van der Waals surface area (Å²) in [7, 11) is 0. The number of aromatic nitrogens is 3. The first kappa shape index (κ1) is 26.7. The number of halogens is 3. The van der Waals surface area contributed by atoms with E-state index in [9.17, 15) is 23.1 Å². The van der Waals surface area contributed by atoms with Crippen molar-refractivity contribution < 1.29 is 27.8 Å². The van der Waals surface area contributed by atoms with Gasteiger partial charge in [-0.15, -0.1) is 0 Å². The molecule has 5 rings (SSSR count). The third kappa shape index (κ3) is 5.60. The van der Waals surface area contributed by atoms with Crippen LogP contribution in [0.15, 0.2) is 42.7 Å². The second-order valence-corrected chi connectivity index (χ2v) is 9.96. The Hall–Kier alpha value is -3.93. The van der Waals surface area contributed by atoms with E-state index in [0.29, 0.717) is 29.2 Å². The summed E-state index contributed by atoms with van der Waals surface area (Å²) in [4.78, 5) is 30.4. The van der Waals surface area contributed by atoms with Crippen molar-refractivity contribution in [3.05, 3.63) is 53.9 Å². The molecule has 39 heavy (non-hydrogen) atoms. The lowest BCUT2D eigenvalue weighted by Crippen LogP contribution is -2.56. The van der Waals surface area contributed by atoms with Crippen molar-refractivity contribution >= 4 is 23.4 Å². The number of pyridine rings is 1. The number of hydrogen-bond donors (Lipinski definition) is 2. The van der Waals surface area contributed by atoms with E-state index in [1.807, 2.05) is 19.9 Å². The van der Waals surface area contributed by atoms with Crippen molar-refractivity contribution in [1.82, 2.24) is 15.0 Å². The lowest BCUT2D eigenvalue weighted by Gasteiger charge is -2.46. The minimum absolute atomic E-state index is 0.0313. The zero-order chi connectivity index (χ0) is 27.7. The monoisotopic (exact) mass is 542 g/mol. The van der Waals surface area contributed by atoms with Gasteiger partial charge in [-0.1, -0.05) is 19.1 Å². The van der Waals surface area contributed by atoms with Gasteiger partial charge in [0.25, 0.3) is 0 Å². The molecule has 9 nitrogen and oxygen atoms in total. The number of fused-ring (bicyclic) bond motifs is 4. The standard InChI is InChI=1S/C27H29F3N6O3/c1-16(13-37)14-39-23-11-22(31-15-32-23)33-26(38)36-20-7-4-8-35(12-20)21-9-17(2)24(34-25(21)36)18-5-3-6-19(10-18)27(28,29)30/h3,5-6,9-11,15-16,20,37H,4,7-8,12-14H2,1-2H3,(H,31,32,33,38)/t16-,20+/m1/s1. The Kier molecular flexibility index (Phi) is 7.30. The number of alkyl halides is 3. The number of aliphatic hydroxyl groups excluding tert-OH is 1. The predicted molar refractivity (Wildman–Crippen MR) is 140 cm³/mol. The molecule has 0 aliphatic carbocycles. The van der Waals surface area contributed by atoms with Gasteiger partial charge in [-0.3, -0.25) is 10.2 Å². The third-order valence-electron chi connectivity index (χ3n) is 6.89. The van der Waals surface area contributed by atoms with E-state index in [-0.39, 0.29) is 36.9 Å².